The molecule has 0 aliphatic rings. The third-order valence-electron chi connectivity index (χ3n) is 7.79. The molecule has 0 aliphatic heterocycles. The van der Waals surface area contributed by atoms with Crippen LogP contribution in [0.5, 0.6) is 5.75 Å². The van der Waals surface area contributed by atoms with Gasteiger partial charge in [0.05, 0.1) is 12.7 Å². The lowest BCUT2D eigenvalue weighted by molar-refractivity contribution is -0.148. The van der Waals surface area contributed by atoms with Gasteiger partial charge in [-0.3, -0.25) is 0 Å². The van der Waals surface area contributed by atoms with Crippen LogP contribution in [-0.4, -0.2) is 23.8 Å². The van der Waals surface area contributed by atoms with Crippen LogP contribution in [0, 0.1) is 0 Å². The van der Waals surface area contributed by atoms with Crippen molar-refractivity contribution in [2.24, 2.45) is 0 Å². The summed E-state index contributed by atoms with van der Waals surface area (Å²) >= 11 is 0. The summed E-state index contributed by atoms with van der Waals surface area (Å²) in [6, 6.07) is 40.7. The predicted octanol–water partition coefficient (Wildman–Crippen LogP) is 9.21. The summed E-state index contributed by atoms with van der Waals surface area (Å²) in [6.45, 7) is 0.395. The molecular weight excluding hydrogens is 575 g/mol. The molecule has 7 heteroatoms. The minimum atomic E-state index is -4.38. The van der Waals surface area contributed by atoms with Crippen molar-refractivity contribution < 1.29 is 27.4 Å². The van der Waals surface area contributed by atoms with E-state index in [1.165, 1.54) is 19.2 Å². The minimum Gasteiger partial charge on any atom is -0.478 e. The molecule has 226 valence electrons. The maximum Gasteiger partial charge on any atom is 0.416 e. The van der Waals surface area contributed by atoms with Gasteiger partial charge in [0.25, 0.3) is 0 Å². The molecule has 0 spiro atoms. The lowest BCUT2D eigenvalue weighted by atomic mass is 10.0. The summed E-state index contributed by atoms with van der Waals surface area (Å²) in [5.74, 6) is 0.107. The second-order valence-electron chi connectivity index (χ2n) is 10.8. The van der Waals surface area contributed by atoms with E-state index in [0.717, 1.165) is 56.5 Å². The standard InChI is InChI=1S/C38H30F3NO3/c1-44-37(43)36(22-26-8-4-2-5-9-26)45-33-19-16-29-23-31(15-14-30(29)24-33)35-21-20-34(28-10-6-3-7-11-28)42(35)25-27-12-17-32(18-13-27)38(39,40)41/h2-21,23-24,36H,22,25H2,1H3. The van der Waals surface area contributed by atoms with Gasteiger partial charge in [-0.25, -0.2) is 4.79 Å². The highest BCUT2D eigenvalue weighted by atomic mass is 19.4. The molecule has 4 nitrogen and oxygen atoms in total. The number of esters is 1. The van der Waals surface area contributed by atoms with Crippen molar-refractivity contribution in [1.82, 2.24) is 4.57 Å². The number of benzene rings is 5. The Bertz CT molecular complexity index is 1910. The molecule has 1 aromatic heterocycles. The lowest BCUT2D eigenvalue weighted by Gasteiger charge is -2.18. The molecular formula is C38H30F3NO3. The first kappa shape index (κ1) is 29.8. The smallest absolute Gasteiger partial charge is 0.416 e. The van der Waals surface area contributed by atoms with E-state index in [1.807, 2.05) is 103 Å². The zero-order chi connectivity index (χ0) is 31.4. The number of nitrogens with zero attached hydrogens (tertiary/aromatic N) is 1. The van der Waals surface area contributed by atoms with Crippen LogP contribution < -0.4 is 4.74 Å². The summed E-state index contributed by atoms with van der Waals surface area (Å²) in [5, 5.41) is 1.91. The summed E-state index contributed by atoms with van der Waals surface area (Å²) in [4.78, 5) is 12.5. The summed E-state index contributed by atoms with van der Waals surface area (Å²) in [6.07, 6.45) is -4.80. The van der Waals surface area contributed by atoms with Gasteiger partial charge in [0.15, 0.2) is 6.10 Å². The van der Waals surface area contributed by atoms with Crippen molar-refractivity contribution >= 4 is 16.7 Å². The Labute approximate surface area is 259 Å². The largest absolute Gasteiger partial charge is 0.478 e. The molecule has 6 rings (SSSR count). The van der Waals surface area contributed by atoms with Crippen LogP contribution in [0.4, 0.5) is 13.2 Å². The highest BCUT2D eigenvalue weighted by Crippen LogP contribution is 2.34. The highest BCUT2D eigenvalue weighted by molar-refractivity contribution is 5.88. The number of hydrogen-bond acceptors (Lipinski definition) is 3. The van der Waals surface area contributed by atoms with Crippen molar-refractivity contribution in [1.29, 1.82) is 0 Å². The summed E-state index contributed by atoms with van der Waals surface area (Å²) in [5.41, 5.74) is 4.92. The molecule has 0 N–H and O–H groups in total. The molecule has 0 amide bonds. The average Bonchev–Trinajstić information content (AvgIpc) is 3.48. The Balaban J connectivity index is 1.31. The van der Waals surface area contributed by atoms with E-state index in [1.54, 1.807) is 0 Å². The molecule has 45 heavy (non-hydrogen) atoms. The molecule has 5 aromatic carbocycles. The van der Waals surface area contributed by atoms with Crippen molar-refractivity contribution in [3.8, 4) is 28.3 Å². The number of ether oxygens (including phenoxy) is 2. The number of methoxy groups -OCH3 is 1. The Morgan fingerprint density at radius 3 is 1.98 bits per heavy atom. The molecule has 6 aromatic rings. The minimum absolute atomic E-state index is 0.379. The van der Waals surface area contributed by atoms with Crippen molar-refractivity contribution in [2.45, 2.75) is 25.2 Å². The van der Waals surface area contributed by atoms with Crippen LogP contribution in [0.2, 0.25) is 0 Å². The van der Waals surface area contributed by atoms with E-state index >= 15 is 0 Å². The lowest BCUT2D eigenvalue weighted by Crippen LogP contribution is -2.30. The second kappa shape index (κ2) is 12.7. The number of halogens is 3. The van der Waals surface area contributed by atoms with E-state index in [0.29, 0.717) is 18.7 Å². The van der Waals surface area contributed by atoms with E-state index in [4.69, 9.17) is 9.47 Å². The third-order valence-corrected chi connectivity index (χ3v) is 7.79. The van der Waals surface area contributed by atoms with Gasteiger partial charge in [-0.2, -0.15) is 13.2 Å². The first-order valence-corrected chi connectivity index (χ1v) is 14.5. The number of hydrogen-bond donors (Lipinski definition) is 0. The second-order valence-corrected chi connectivity index (χ2v) is 10.8. The number of carbonyl (C=O) groups excluding carboxylic acids is 1. The fraction of sp³-hybridized carbons (Fsp3) is 0.132. The van der Waals surface area contributed by atoms with Gasteiger partial charge >= 0.3 is 12.1 Å². The number of aromatic nitrogens is 1. The number of rotatable bonds is 9. The van der Waals surface area contributed by atoms with Crippen molar-refractivity contribution in [3.63, 3.8) is 0 Å². The maximum atomic E-state index is 13.2. The fourth-order valence-electron chi connectivity index (χ4n) is 5.49. The predicted molar refractivity (Wildman–Crippen MR) is 170 cm³/mol. The molecule has 0 bridgehead atoms. The Hall–Kier alpha value is -5.30. The van der Waals surface area contributed by atoms with Crippen molar-refractivity contribution in [3.05, 3.63) is 150 Å². The van der Waals surface area contributed by atoms with Crippen LogP contribution in [0.1, 0.15) is 16.7 Å². The number of fused-ring (bicyclic) bond motifs is 1. The van der Waals surface area contributed by atoms with Crippen molar-refractivity contribution in [2.75, 3.05) is 7.11 Å². The van der Waals surface area contributed by atoms with E-state index in [-0.39, 0.29) is 0 Å². The van der Waals surface area contributed by atoms with E-state index in [2.05, 4.69) is 10.6 Å². The number of carbonyl (C=O) groups is 1. The van der Waals surface area contributed by atoms with Crippen LogP contribution in [-0.2, 0) is 28.7 Å². The Morgan fingerprint density at radius 2 is 1.31 bits per heavy atom. The molecule has 1 atom stereocenters. The summed E-state index contributed by atoms with van der Waals surface area (Å²) < 4.78 is 52.8. The molecule has 0 fully saturated rings. The van der Waals surface area contributed by atoms with Gasteiger partial charge in [0, 0.05) is 24.4 Å². The summed E-state index contributed by atoms with van der Waals surface area (Å²) in [7, 11) is 1.35. The first-order chi connectivity index (χ1) is 21.8. The van der Waals surface area contributed by atoms with Crippen LogP contribution in [0.15, 0.2) is 133 Å². The van der Waals surface area contributed by atoms with Gasteiger partial charge in [0.1, 0.15) is 5.75 Å². The number of alkyl halides is 3. The molecule has 0 saturated heterocycles. The molecule has 1 unspecified atom stereocenters. The zero-order valence-electron chi connectivity index (χ0n) is 24.5. The first-order valence-electron chi connectivity index (χ1n) is 14.5. The fourth-order valence-corrected chi connectivity index (χ4v) is 5.49. The quantitative estimate of drug-likeness (QED) is 0.154. The molecule has 1 heterocycles. The monoisotopic (exact) mass is 605 g/mol. The molecule has 0 radical (unpaired) electrons. The van der Waals surface area contributed by atoms with Gasteiger partial charge < -0.3 is 14.0 Å². The topological polar surface area (TPSA) is 40.5 Å². The van der Waals surface area contributed by atoms with Gasteiger partial charge in [0.2, 0.25) is 0 Å². The van der Waals surface area contributed by atoms with E-state index in [9.17, 15) is 18.0 Å². The van der Waals surface area contributed by atoms with Gasteiger partial charge in [-0.05, 0) is 75.5 Å². The normalized spacial score (nSPS) is 12.2. The Kier molecular flexibility index (Phi) is 8.43. The van der Waals surface area contributed by atoms with Crippen LogP contribution in [0.3, 0.4) is 0 Å². The van der Waals surface area contributed by atoms with Gasteiger partial charge in [-0.1, -0.05) is 91.0 Å². The maximum absolute atomic E-state index is 13.2. The zero-order valence-corrected chi connectivity index (χ0v) is 24.5. The van der Waals surface area contributed by atoms with E-state index < -0.39 is 23.8 Å². The molecule has 0 aliphatic carbocycles. The van der Waals surface area contributed by atoms with Crippen LogP contribution >= 0.6 is 0 Å². The SMILES string of the molecule is COC(=O)C(Cc1ccccc1)Oc1ccc2cc(-c3ccc(-c4ccccc4)n3Cc3ccc(C(F)(F)F)cc3)ccc2c1. The Morgan fingerprint density at radius 1 is 0.689 bits per heavy atom. The van der Waals surface area contributed by atoms with Gasteiger partial charge in [-0.15, -0.1) is 0 Å². The highest BCUT2D eigenvalue weighted by Gasteiger charge is 2.30. The third kappa shape index (κ3) is 6.78. The van der Waals surface area contributed by atoms with Crippen LogP contribution in [0.25, 0.3) is 33.3 Å². The average molecular weight is 606 g/mol. The molecule has 0 saturated carbocycles.